The maximum Gasteiger partial charge on any atom is 0.337 e. The first kappa shape index (κ1) is 11.8. The summed E-state index contributed by atoms with van der Waals surface area (Å²) in [6.45, 7) is 0. The minimum Gasteiger partial charge on any atom is -0.478 e. The summed E-state index contributed by atoms with van der Waals surface area (Å²) in [6, 6.07) is 3.03. The summed E-state index contributed by atoms with van der Waals surface area (Å²) in [5, 5.41) is 11.2. The van der Waals surface area contributed by atoms with Gasteiger partial charge in [0.05, 0.1) is 23.8 Å². The van der Waals surface area contributed by atoms with E-state index in [1.165, 1.54) is 12.5 Å². The molecule has 18 heavy (non-hydrogen) atoms. The van der Waals surface area contributed by atoms with E-state index in [4.69, 9.17) is 5.11 Å². The standard InChI is InChI=1S/C11H8FN3O3/c12-6-1-2-7(11(17)18)8(3-6)15-10(16)9-4-13-5-14-9/h1-5H,(H,13,14)(H,15,16)(H,17,18). The Morgan fingerprint density at radius 1 is 1.39 bits per heavy atom. The van der Waals surface area contributed by atoms with Crippen LogP contribution in [0, 0.1) is 5.82 Å². The van der Waals surface area contributed by atoms with Crippen molar-refractivity contribution in [3.63, 3.8) is 0 Å². The van der Waals surface area contributed by atoms with Crippen LogP contribution in [-0.2, 0) is 0 Å². The van der Waals surface area contributed by atoms with E-state index in [9.17, 15) is 14.0 Å². The van der Waals surface area contributed by atoms with E-state index in [1.54, 1.807) is 0 Å². The third-order valence-electron chi connectivity index (χ3n) is 2.20. The van der Waals surface area contributed by atoms with Crippen molar-refractivity contribution in [2.45, 2.75) is 0 Å². The molecule has 1 amide bonds. The number of nitrogens with one attached hydrogen (secondary N) is 2. The Morgan fingerprint density at radius 2 is 2.17 bits per heavy atom. The number of anilines is 1. The number of nitrogens with zero attached hydrogens (tertiary/aromatic N) is 1. The molecule has 0 aliphatic carbocycles. The second-order valence-electron chi connectivity index (χ2n) is 3.41. The van der Waals surface area contributed by atoms with Gasteiger partial charge < -0.3 is 15.4 Å². The van der Waals surface area contributed by atoms with Crippen LogP contribution in [0.2, 0.25) is 0 Å². The van der Waals surface area contributed by atoms with Crippen molar-refractivity contribution in [1.29, 1.82) is 0 Å². The van der Waals surface area contributed by atoms with Crippen molar-refractivity contribution >= 4 is 17.6 Å². The number of amides is 1. The number of rotatable bonds is 3. The van der Waals surface area contributed by atoms with Gasteiger partial charge in [0.25, 0.3) is 5.91 Å². The predicted octanol–water partition coefficient (Wildman–Crippen LogP) is 1.50. The Balaban J connectivity index is 2.31. The number of aromatic carboxylic acids is 1. The van der Waals surface area contributed by atoms with Crippen LogP contribution < -0.4 is 5.32 Å². The van der Waals surface area contributed by atoms with Crippen LogP contribution in [-0.4, -0.2) is 27.0 Å². The fourth-order valence-electron chi connectivity index (χ4n) is 1.38. The van der Waals surface area contributed by atoms with Gasteiger partial charge >= 0.3 is 5.97 Å². The predicted molar refractivity (Wildman–Crippen MR) is 59.9 cm³/mol. The number of carbonyl (C=O) groups excluding carboxylic acids is 1. The minimum absolute atomic E-state index is 0.109. The number of benzene rings is 1. The molecule has 3 N–H and O–H groups in total. The number of carbonyl (C=O) groups is 2. The van der Waals surface area contributed by atoms with Gasteiger partial charge in [0.15, 0.2) is 0 Å². The molecule has 0 spiro atoms. The summed E-state index contributed by atoms with van der Waals surface area (Å²) >= 11 is 0. The molecule has 92 valence electrons. The first-order chi connectivity index (χ1) is 8.58. The van der Waals surface area contributed by atoms with Gasteiger partial charge in [0.2, 0.25) is 0 Å². The lowest BCUT2D eigenvalue weighted by atomic mass is 10.1. The fourth-order valence-corrected chi connectivity index (χ4v) is 1.38. The minimum atomic E-state index is -1.25. The molecule has 6 nitrogen and oxygen atoms in total. The lowest BCUT2D eigenvalue weighted by molar-refractivity contribution is 0.0698. The van der Waals surface area contributed by atoms with Crippen LogP contribution in [0.15, 0.2) is 30.7 Å². The summed E-state index contributed by atoms with van der Waals surface area (Å²) < 4.78 is 13.0. The Bertz CT molecular complexity index is 596. The molecule has 0 saturated heterocycles. The SMILES string of the molecule is O=C(Nc1cc(F)ccc1C(=O)O)c1cnc[nH]1. The molecule has 2 rings (SSSR count). The van der Waals surface area contributed by atoms with Crippen molar-refractivity contribution in [2.24, 2.45) is 0 Å². The zero-order chi connectivity index (χ0) is 13.1. The molecule has 1 aromatic heterocycles. The lowest BCUT2D eigenvalue weighted by Crippen LogP contribution is -2.15. The largest absolute Gasteiger partial charge is 0.478 e. The normalized spacial score (nSPS) is 10.1. The number of carboxylic acid groups (broad SMARTS) is 1. The van der Waals surface area contributed by atoms with E-state index in [1.807, 2.05) is 0 Å². The Labute approximate surface area is 100 Å². The average Bonchev–Trinajstić information content (AvgIpc) is 2.81. The van der Waals surface area contributed by atoms with Crippen molar-refractivity contribution in [3.8, 4) is 0 Å². The molecular weight excluding hydrogens is 241 g/mol. The summed E-state index contributed by atoms with van der Waals surface area (Å²) in [5.41, 5.74) is -0.151. The van der Waals surface area contributed by atoms with Crippen molar-refractivity contribution in [1.82, 2.24) is 9.97 Å². The fraction of sp³-hybridized carbons (Fsp3) is 0. The Kier molecular flexibility index (Phi) is 3.05. The van der Waals surface area contributed by atoms with Gasteiger partial charge in [-0.25, -0.2) is 14.2 Å². The first-order valence-corrected chi connectivity index (χ1v) is 4.90. The number of H-pyrrole nitrogens is 1. The van der Waals surface area contributed by atoms with Crippen LogP contribution >= 0.6 is 0 Å². The highest BCUT2D eigenvalue weighted by molar-refractivity contribution is 6.06. The number of carboxylic acids is 1. The van der Waals surface area contributed by atoms with Crippen molar-refractivity contribution in [2.75, 3.05) is 5.32 Å². The van der Waals surface area contributed by atoms with Gasteiger partial charge in [-0.3, -0.25) is 4.79 Å². The Morgan fingerprint density at radius 3 is 2.78 bits per heavy atom. The zero-order valence-corrected chi connectivity index (χ0v) is 8.98. The zero-order valence-electron chi connectivity index (χ0n) is 8.98. The molecule has 7 heteroatoms. The molecule has 0 saturated carbocycles. The summed E-state index contributed by atoms with van der Waals surface area (Å²) in [6.07, 6.45) is 2.58. The van der Waals surface area contributed by atoms with E-state index in [-0.39, 0.29) is 16.9 Å². The van der Waals surface area contributed by atoms with E-state index in [0.29, 0.717) is 0 Å². The quantitative estimate of drug-likeness (QED) is 0.768. The van der Waals surface area contributed by atoms with Gasteiger partial charge in [-0.2, -0.15) is 0 Å². The molecule has 0 atom stereocenters. The highest BCUT2D eigenvalue weighted by atomic mass is 19.1. The molecule has 0 aliphatic heterocycles. The van der Waals surface area contributed by atoms with Gasteiger partial charge in [-0.05, 0) is 18.2 Å². The highest BCUT2D eigenvalue weighted by Crippen LogP contribution is 2.18. The lowest BCUT2D eigenvalue weighted by Gasteiger charge is -2.07. The maximum absolute atomic E-state index is 13.0. The number of hydrogen-bond acceptors (Lipinski definition) is 3. The second-order valence-corrected chi connectivity index (χ2v) is 3.41. The van der Waals surface area contributed by atoms with Crippen LogP contribution in [0.3, 0.4) is 0 Å². The Hall–Kier alpha value is -2.70. The van der Waals surface area contributed by atoms with Crippen molar-refractivity contribution < 1.29 is 19.1 Å². The highest BCUT2D eigenvalue weighted by Gasteiger charge is 2.14. The second kappa shape index (κ2) is 4.66. The summed E-state index contributed by atoms with van der Waals surface area (Å²) in [4.78, 5) is 28.8. The molecule has 0 bridgehead atoms. The van der Waals surface area contributed by atoms with Crippen LogP contribution in [0.1, 0.15) is 20.8 Å². The number of imidazole rings is 1. The molecule has 0 unspecified atom stereocenters. The van der Waals surface area contributed by atoms with E-state index >= 15 is 0 Å². The van der Waals surface area contributed by atoms with Crippen LogP contribution in [0.5, 0.6) is 0 Å². The average molecular weight is 249 g/mol. The smallest absolute Gasteiger partial charge is 0.337 e. The van der Waals surface area contributed by atoms with E-state index < -0.39 is 17.7 Å². The van der Waals surface area contributed by atoms with Gasteiger partial charge in [0.1, 0.15) is 11.5 Å². The van der Waals surface area contributed by atoms with Crippen LogP contribution in [0.25, 0.3) is 0 Å². The van der Waals surface area contributed by atoms with E-state index in [2.05, 4.69) is 15.3 Å². The molecule has 0 fully saturated rings. The first-order valence-electron chi connectivity index (χ1n) is 4.90. The molecule has 1 heterocycles. The third kappa shape index (κ3) is 2.34. The monoisotopic (exact) mass is 249 g/mol. The molecule has 0 radical (unpaired) electrons. The number of aromatic amines is 1. The molecule has 1 aromatic carbocycles. The molecule has 0 aliphatic rings. The number of halogens is 1. The summed E-state index contributed by atoms with van der Waals surface area (Å²) in [5.74, 6) is -2.49. The number of hydrogen-bond donors (Lipinski definition) is 3. The molecular formula is C11H8FN3O3. The topological polar surface area (TPSA) is 95.1 Å². The van der Waals surface area contributed by atoms with E-state index in [0.717, 1.165) is 18.2 Å². The summed E-state index contributed by atoms with van der Waals surface area (Å²) in [7, 11) is 0. The number of aromatic nitrogens is 2. The van der Waals surface area contributed by atoms with Gasteiger partial charge in [-0.15, -0.1) is 0 Å². The molecule has 2 aromatic rings. The maximum atomic E-state index is 13.0. The van der Waals surface area contributed by atoms with Gasteiger partial charge in [0, 0.05) is 0 Å². The van der Waals surface area contributed by atoms with Crippen LogP contribution in [0.4, 0.5) is 10.1 Å². The van der Waals surface area contributed by atoms with Crippen molar-refractivity contribution in [3.05, 3.63) is 47.8 Å². The van der Waals surface area contributed by atoms with Gasteiger partial charge in [-0.1, -0.05) is 0 Å². The third-order valence-corrected chi connectivity index (χ3v) is 2.20.